The lowest BCUT2D eigenvalue weighted by molar-refractivity contribution is -0.143. The number of methoxy groups -OCH3 is 2. The van der Waals surface area contributed by atoms with E-state index >= 15 is 0 Å². The fourth-order valence-electron chi connectivity index (χ4n) is 4.27. The first-order chi connectivity index (χ1) is 15.0. The lowest BCUT2D eigenvalue weighted by Gasteiger charge is -2.34. The molecule has 1 aliphatic rings. The van der Waals surface area contributed by atoms with Gasteiger partial charge in [0.1, 0.15) is 11.8 Å². The zero-order valence-corrected chi connectivity index (χ0v) is 17.3. The summed E-state index contributed by atoms with van der Waals surface area (Å²) < 4.78 is 10.3. The smallest absolute Gasteiger partial charge is 0.411 e. The molecule has 0 spiro atoms. The molecule has 0 fully saturated rings. The second-order valence-corrected chi connectivity index (χ2v) is 7.36. The zero-order chi connectivity index (χ0) is 22.0. The Morgan fingerprint density at radius 2 is 1.55 bits per heavy atom. The number of carboxylic acid groups (broad SMARTS) is 1. The Bertz CT molecular complexity index is 1080. The van der Waals surface area contributed by atoms with Gasteiger partial charge in [-0.3, -0.25) is 4.90 Å². The predicted molar refractivity (Wildman–Crippen MR) is 116 cm³/mol. The molecule has 158 valence electrons. The van der Waals surface area contributed by atoms with E-state index in [-0.39, 0.29) is 6.42 Å². The summed E-state index contributed by atoms with van der Waals surface area (Å²) >= 11 is 0. The van der Waals surface area contributed by atoms with Gasteiger partial charge in [0, 0.05) is 6.42 Å². The Labute approximate surface area is 180 Å². The summed E-state index contributed by atoms with van der Waals surface area (Å²) in [6.07, 6.45) is -0.575. The summed E-state index contributed by atoms with van der Waals surface area (Å²) in [7, 11) is 2.83. The van der Waals surface area contributed by atoms with Crippen molar-refractivity contribution in [2.45, 2.75) is 18.5 Å². The summed E-state index contributed by atoms with van der Waals surface area (Å²) in [6, 6.07) is 21.0. The molecule has 3 aromatic carbocycles. The molecule has 0 saturated heterocycles. The highest BCUT2D eigenvalue weighted by Crippen LogP contribution is 2.47. The summed E-state index contributed by atoms with van der Waals surface area (Å²) in [5, 5.41) is 10.2. The minimum absolute atomic E-state index is 0.114. The Balaban J connectivity index is 1.82. The van der Waals surface area contributed by atoms with Gasteiger partial charge in [-0.2, -0.15) is 0 Å². The average molecular weight is 417 g/mol. The number of nitrogens with zero attached hydrogens (tertiary/aromatic N) is 1. The van der Waals surface area contributed by atoms with Gasteiger partial charge >= 0.3 is 12.1 Å². The standard InChI is InChI=1S/C25H23NO5/c1-30-17-9-7-8-16(14-17)15-22(24(27)28)26(25(29)31-2)23-20-12-5-3-10-18(20)19-11-4-6-13-21(19)23/h3-14,22-23H,15H2,1-2H3,(H,27,28)/t22-/m0/s1. The highest BCUT2D eigenvalue weighted by molar-refractivity contribution is 5.85. The maximum atomic E-state index is 13.0. The molecular weight excluding hydrogens is 394 g/mol. The van der Waals surface area contributed by atoms with Crippen molar-refractivity contribution in [2.75, 3.05) is 14.2 Å². The first-order valence-electron chi connectivity index (χ1n) is 9.95. The summed E-state index contributed by atoms with van der Waals surface area (Å²) in [6.45, 7) is 0. The minimum atomic E-state index is -1.14. The number of carboxylic acids is 1. The SMILES string of the molecule is COC(=O)N(C1c2ccccc2-c2ccccc21)[C@@H](Cc1cccc(OC)c1)C(=O)O. The largest absolute Gasteiger partial charge is 0.497 e. The van der Waals surface area contributed by atoms with E-state index in [1.54, 1.807) is 25.3 Å². The van der Waals surface area contributed by atoms with Gasteiger partial charge in [-0.15, -0.1) is 0 Å². The van der Waals surface area contributed by atoms with Crippen LogP contribution in [0.25, 0.3) is 11.1 Å². The molecule has 0 unspecified atom stereocenters. The van der Waals surface area contributed by atoms with Crippen LogP contribution in [0.3, 0.4) is 0 Å². The molecule has 0 aromatic heterocycles. The lowest BCUT2D eigenvalue weighted by Crippen LogP contribution is -2.48. The summed E-state index contributed by atoms with van der Waals surface area (Å²) in [4.78, 5) is 26.8. The molecule has 31 heavy (non-hydrogen) atoms. The molecule has 0 radical (unpaired) electrons. The van der Waals surface area contributed by atoms with E-state index in [1.807, 2.05) is 54.6 Å². The highest BCUT2D eigenvalue weighted by Gasteiger charge is 2.42. The van der Waals surface area contributed by atoms with Crippen molar-refractivity contribution in [3.05, 3.63) is 89.5 Å². The summed E-state index contributed by atoms with van der Waals surface area (Å²) in [5.74, 6) is -0.474. The van der Waals surface area contributed by atoms with Crippen molar-refractivity contribution in [1.82, 2.24) is 4.90 Å². The number of hydrogen-bond donors (Lipinski definition) is 1. The quantitative estimate of drug-likeness (QED) is 0.638. The third kappa shape index (κ3) is 3.72. The van der Waals surface area contributed by atoms with Gasteiger partial charge in [-0.1, -0.05) is 60.7 Å². The normalized spacial score (nSPS) is 13.1. The van der Waals surface area contributed by atoms with E-state index in [0.29, 0.717) is 5.75 Å². The van der Waals surface area contributed by atoms with E-state index in [0.717, 1.165) is 27.8 Å². The zero-order valence-electron chi connectivity index (χ0n) is 17.3. The van der Waals surface area contributed by atoms with Crippen molar-refractivity contribution in [1.29, 1.82) is 0 Å². The number of hydrogen-bond acceptors (Lipinski definition) is 4. The van der Waals surface area contributed by atoms with Gasteiger partial charge in [0.2, 0.25) is 0 Å². The van der Waals surface area contributed by atoms with Gasteiger partial charge in [-0.05, 0) is 39.9 Å². The second kappa shape index (κ2) is 8.52. The first kappa shape index (κ1) is 20.5. The number of amides is 1. The number of ether oxygens (including phenoxy) is 2. The number of carbonyl (C=O) groups is 2. The van der Waals surface area contributed by atoms with Crippen LogP contribution in [0.5, 0.6) is 5.75 Å². The summed E-state index contributed by atoms with van der Waals surface area (Å²) in [5.41, 5.74) is 4.49. The van der Waals surface area contributed by atoms with Crippen LogP contribution in [0, 0.1) is 0 Å². The number of benzene rings is 3. The molecule has 0 aliphatic heterocycles. The van der Waals surface area contributed by atoms with Crippen LogP contribution in [-0.4, -0.2) is 42.3 Å². The van der Waals surface area contributed by atoms with Gasteiger partial charge in [-0.25, -0.2) is 9.59 Å². The van der Waals surface area contributed by atoms with E-state index in [4.69, 9.17) is 9.47 Å². The molecule has 1 atom stereocenters. The van der Waals surface area contributed by atoms with Crippen LogP contribution in [0.2, 0.25) is 0 Å². The van der Waals surface area contributed by atoms with Crippen LogP contribution in [0.1, 0.15) is 22.7 Å². The van der Waals surface area contributed by atoms with E-state index in [9.17, 15) is 14.7 Å². The molecule has 0 heterocycles. The monoisotopic (exact) mass is 417 g/mol. The number of carbonyl (C=O) groups excluding carboxylic acids is 1. The van der Waals surface area contributed by atoms with Gasteiger partial charge in [0.15, 0.2) is 0 Å². The Kier molecular flexibility index (Phi) is 5.62. The molecule has 4 rings (SSSR count). The molecule has 3 aromatic rings. The van der Waals surface area contributed by atoms with E-state index in [2.05, 4.69) is 0 Å². The Morgan fingerprint density at radius 3 is 2.10 bits per heavy atom. The second-order valence-electron chi connectivity index (χ2n) is 7.36. The van der Waals surface area contributed by atoms with Crippen LogP contribution < -0.4 is 4.74 Å². The molecule has 1 aliphatic carbocycles. The molecule has 1 amide bonds. The van der Waals surface area contributed by atoms with Crippen LogP contribution >= 0.6 is 0 Å². The molecule has 0 saturated carbocycles. The van der Waals surface area contributed by atoms with Crippen molar-refractivity contribution in [3.63, 3.8) is 0 Å². The topological polar surface area (TPSA) is 76.1 Å². The van der Waals surface area contributed by atoms with Crippen molar-refractivity contribution in [2.24, 2.45) is 0 Å². The maximum absolute atomic E-state index is 13.0. The molecule has 1 N–H and O–H groups in total. The lowest BCUT2D eigenvalue weighted by atomic mass is 9.98. The van der Waals surface area contributed by atoms with Crippen LogP contribution in [-0.2, 0) is 16.0 Å². The van der Waals surface area contributed by atoms with Gasteiger partial charge in [0.25, 0.3) is 0 Å². The third-order valence-corrected chi connectivity index (χ3v) is 5.65. The van der Waals surface area contributed by atoms with Crippen LogP contribution in [0.4, 0.5) is 4.79 Å². The highest BCUT2D eigenvalue weighted by atomic mass is 16.5. The van der Waals surface area contributed by atoms with Crippen LogP contribution in [0.15, 0.2) is 72.8 Å². The molecular formula is C25H23NO5. The van der Waals surface area contributed by atoms with Gasteiger partial charge in [0.05, 0.1) is 20.3 Å². The number of fused-ring (bicyclic) bond motifs is 3. The van der Waals surface area contributed by atoms with Crippen molar-refractivity contribution < 1.29 is 24.2 Å². The first-order valence-corrected chi connectivity index (χ1v) is 9.95. The third-order valence-electron chi connectivity index (χ3n) is 5.65. The average Bonchev–Trinajstić information content (AvgIpc) is 3.13. The fraction of sp³-hybridized carbons (Fsp3) is 0.200. The number of aliphatic carboxylic acids is 1. The fourth-order valence-corrected chi connectivity index (χ4v) is 4.27. The van der Waals surface area contributed by atoms with Gasteiger partial charge < -0.3 is 14.6 Å². The van der Waals surface area contributed by atoms with Crippen molar-refractivity contribution in [3.8, 4) is 16.9 Å². The van der Waals surface area contributed by atoms with E-state index in [1.165, 1.54) is 12.0 Å². The Hall–Kier alpha value is -3.80. The molecule has 6 nitrogen and oxygen atoms in total. The molecule has 0 bridgehead atoms. The van der Waals surface area contributed by atoms with E-state index < -0.39 is 24.1 Å². The molecule has 6 heteroatoms. The minimum Gasteiger partial charge on any atom is -0.497 e. The predicted octanol–water partition coefficient (Wildman–Crippen LogP) is 4.53. The Morgan fingerprint density at radius 1 is 0.935 bits per heavy atom. The maximum Gasteiger partial charge on any atom is 0.411 e. The number of rotatable bonds is 6. The van der Waals surface area contributed by atoms with Crippen molar-refractivity contribution >= 4 is 12.1 Å².